The molecule has 0 radical (unpaired) electrons. The molecule has 0 aliphatic carbocycles. The number of hydrogen-bond acceptors (Lipinski definition) is 4. The van der Waals surface area contributed by atoms with Gasteiger partial charge in [-0.05, 0) is 11.6 Å². The van der Waals surface area contributed by atoms with E-state index in [0.29, 0.717) is 13.0 Å². The number of ether oxygens (including phenoxy) is 1. The quantitative estimate of drug-likeness (QED) is 0.799. The van der Waals surface area contributed by atoms with Crippen LogP contribution >= 0.6 is 11.3 Å². The first-order valence-corrected chi connectivity index (χ1v) is 7.16. The Balaban J connectivity index is 1.94. The Morgan fingerprint density at radius 1 is 1.35 bits per heavy atom. The third-order valence-corrected chi connectivity index (χ3v) is 3.62. The Kier molecular flexibility index (Phi) is 5.58. The molecule has 0 bridgehead atoms. The average Bonchev–Trinajstić information content (AvgIpc) is 2.92. The van der Waals surface area contributed by atoms with Crippen LogP contribution in [0.2, 0.25) is 0 Å². The number of thiazole rings is 1. The molecule has 2 N–H and O–H groups in total. The van der Waals surface area contributed by atoms with Crippen LogP contribution in [0, 0.1) is 0 Å². The van der Waals surface area contributed by atoms with Crippen LogP contribution in [-0.4, -0.2) is 24.6 Å². The highest BCUT2D eigenvalue weighted by Gasteiger charge is 2.06. The second-order valence-electron chi connectivity index (χ2n) is 4.25. The number of alkyl halides is 2. The number of nitrogens with zero attached hydrogens (tertiary/aromatic N) is 1. The monoisotopic (exact) mass is 298 g/mol. The maximum Gasteiger partial charge on any atom is 0.261 e. The predicted molar refractivity (Wildman–Crippen MR) is 76.0 cm³/mol. The molecule has 0 amide bonds. The van der Waals surface area contributed by atoms with Crippen LogP contribution in [0.15, 0.2) is 29.6 Å². The van der Waals surface area contributed by atoms with Crippen molar-refractivity contribution in [3.8, 4) is 11.3 Å². The summed E-state index contributed by atoms with van der Waals surface area (Å²) in [5, 5.41) is 2.84. The van der Waals surface area contributed by atoms with Crippen LogP contribution in [0.3, 0.4) is 0 Å². The van der Waals surface area contributed by atoms with Crippen molar-refractivity contribution >= 4 is 11.3 Å². The third kappa shape index (κ3) is 4.33. The van der Waals surface area contributed by atoms with Crippen molar-refractivity contribution in [1.29, 1.82) is 0 Å². The Labute approximate surface area is 120 Å². The normalized spacial score (nSPS) is 11.2. The number of hydrogen-bond donors (Lipinski definition) is 1. The SMILES string of the molecule is NCc1cccc(-c2csc(CCOCC(F)F)n2)c1. The van der Waals surface area contributed by atoms with Gasteiger partial charge in [0.25, 0.3) is 6.43 Å². The first kappa shape index (κ1) is 15.0. The zero-order chi connectivity index (χ0) is 14.4. The standard InChI is InChI=1S/C14H16F2N2OS/c15-13(16)8-19-5-4-14-18-12(9-20-14)11-3-1-2-10(6-11)7-17/h1-3,6,9,13H,4-5,7-8,17H2. The average molecular weight is 298 g/mol. The number of benzene rings is 1. The molecule has 0 saturated heterocycles. The fraction of sp³-hybridized carbons (Fsp3) is 0.357. The first-order valence-electron chi connectivity index (χ1n) is 6.28. The zero-order valence-electron chi connectivity index (χ0n) is 10.9. The maximum absolute atomic E-state index is 11.9. The number of aromatic nitrogens is 1. The van der Waals surface area contributed by atoms with Crippen molar-refractivity contribution in [1.82, 2.24) is 4.98 Å². The highest BCUT2D eigenvalue weighted by Crippen LogP contribution is 2.23. The lowest BCUT2D eigenvalue weighted by Crippen LogP contribution is -2.06. The summed E-state index contributed by atoms with van der Waals surface area (Å²) in [4.78, 5) is 4.48. The molecule has 1 aromatic carbocycles. The van der Waals surface area contributed by atoms with Gasteiger partial charge in [-0.25, -0.2) is 13.8 Å². The fourth-order valence-electron chi connectivity index (χ4n) is 1.75. The lowest BCUT2D eigenvalue weighted by atomic mass is 10.1. The molecule has 1 heterocycles. The van der Waals surface area contributed by atoms with Gasteiger partial charge >= 0.3 is 0 Å². The van der Waals surface area contributed by atoms with Crippen LogP contribution < -0.4 is 5.73 Å². The molecule has 0 aliphatic heterocycles. The van der Waals surface area contributed by atoms with Crippen LogP contribution in [0.25, 0.3) is 11.3 Å². The summed E-state index contributed by atoms with van der Waals surface area (Å²) in [6, 6.07) is 7.90. The van der Waals surface area contributed by atoms with Crippen molar-refractivity contribution < 1.29 is 13.5 Å². The Hall–Kier alpha value is -1.37. The molecule has 2 aromatic rings. The van der Waals surface area contributed by atoms with Gasteiger partial charge in [0.2, 0.25) is 0 Å². The lowest BCUT2D eigenvalue weighted by molar-refractivity contribution is 0.0187. The highest BCUT2D eigenvalue weighted by molar-refractivity contribution is 7.09. The van der Waals surface area contributed by atoms with E-state index in [1.165, 1.54) is 11.3 Å². The summed E-state index contributed by atoms with van der Waals surface area (Å²) >= 11 is 1.51. The van der Waals surface area contributed by atoms with Crippen molar-refractivity contribution in [3.05, 3.63) is 40.2 Å². The van der Waals surface area contributed by atoms with E-state index < -0.39 is 13.0 Å². The molecule has 0 fully saturated rings. The van der Waals surface area contributed by atoms with Crippen LogP contribution in [-0.2, 0) is 17.7 Å². The van der Waals surface area contributed by atoms with Gasteiger partial charge in [-0.15, -0.1) is 11.3 Å². The fourth-order valence-corrected chi connectivity index (χ4v) is 2.54. The maximum atomic E-state index is 11.9. The van der Waals surface area contributed by atoms with E-state index >= 15 is 0 Å². The topological polar surface area (TPSA) is 48.1 Å². The minimum absolute atomic E-state index is 0.264. The molecule has 0 unspecified atom stereocenters. The van der Waals surface area contributed by atoms with Gasteiger partial charge in [-0.2, -0.15) is 0 Å². The Morgan fingerprint density at radius 3 is 2.95 bits per heavy atom. The molecule has 2 rings (SSSR count). The van der Waals surface area contributed by atoms with Gasteiger partial charge in [-0.1, -0.05) is 18.2 Å². The summed E-state index contributed by atoms with van der Waals surface area (Å²) in [6.45, 7) is 0.239. The minimum Gasteiger partial charge on any atom is -0.375 e. The summed E-state index contributed by atoms with van der Waals surface area (Å²) in [5.41, 5.74) is 8.57. The van der Waals surface area contributed by atoms with Crippen LogP contribution in [0.4, 0.5) is 8.78 Å². The number of nitrogens with two attached hydrogens (primary N) is 1. The smallest absolute Gasteiger partial charge is 0.261 e. The summed E-state index contributed by atoms with van der Waals surface area (Å²) < 4.78 is 28.7. The zero-order valence-corrected chi connectivity index (χ0v) is 11.7. The predicted octanol–water partition coefficient (Wildman–Crippen LogP) is 3.09. The molecule has 0 spiro atoms. The summed E-state index contributed by atoms with van der Waals surface area (Å²) in [5.74, 6) is 0. The Morgan fingerprint density at radius 2 is 2.20 bits per heavy atom. The summed E-state index contributed by atoms with van der Waals surface area (Å²) in [6.07, 6.45) is -1.87. The van der Waals surface area contributed by atoms with Crippen molar-refractivity contribution in [2.75, 3.05) is 13.2 Å². The van der Waals surface area contributed by atoms with E-state index in [9.17, 15) is 8.78 Å². The van der Waals surface area contributed by atoms with Crippen molar-refractivity contribution in [2.24, 2.45) is 5.73 Å². The number of halogens is 2. The van der Waals surface area contributed by atoms with Crippen molar-refractivity contribution in [2.45, 2.75) is 19.4 Å². The molecule has 3 nitrogen and oxygen atoms in total. The van der Waals surface area contributed by atoms with E-state index in [4.69, 9.17) is 10.5 Å². The second-order valence-corrected chi connectivity index (χ2v) is 5.19. The third-order valence-electron chi connectivity index (χ3n) is 2.71. The van der Waals surface area contributed by atoms with Gasteiger partial charge in [0.1, 0.15) is 6.61 Å². The first-order chi connectivity index (χ1) is 9.69. The number of rotatable bonds is 7. The van der Waals surface area contributed by atoms with E-state index in [1.807, 2.05) is 29.6 Å². The minimum atomic E-state index is -2.42. The van der Waals surface area contributed by atoms with E-state index in [2.05, 4.69) is 4.98 Å². The molecule has 0 atom stereocenters. The van der Waals surface area contributed by atoms with Crippen LogP contribution in [0.5, 0.6) is 0 Å². The van der Waals surface area contributed by atoms with Gasteiger partial charge < -0.3 is 10.5 Å². The molecule has 1 aromatic heterocycles. The highest BCUT2D eigenvalue weighted by atomic mass is 32.1. The Bertz CT molecular complexity index is 545. The van der Waals surface area contributed by atoms with E-state index in [0.717, 1.165) is 21.8 Å². The van der Waals surface area contributed by atoms with E-state index in [-0.39, 0.29) is 6.61 Å². The van der Waals surface area contributed by atoms with Crippen LogP contribution in [0.1, 0.15) is 10.6 Å². The molecule has 0 aliphatic rings. The molecule has 108 valence electrons. The van der Waals surface area contributed by atoms with Crippen molar-refractivity contribution in [3.63, 3.8) is 0 Å². The molecule has 6 heteroatoms. The molecular formula is C14H16F2N2OS. The van der Waals surface area contributed by atoms with Gasteiger partial charge in [-0.3, -0.25) is 0 Å². The lowest BCUT2D eigenvalue weighted by Gasteiger charge is -2.01. The summed E-state index contributed by atoms with van der Waals surface area (Å²) in [7, 11) is 0. The van der Waals surface area contributed by atoms with E-state index in [1.54, 1.807) is 0 Å². The molecule has 20 heavy (non-hydrogen) atoms. The largest absolute Gasteiger partial charge is 0.375 e. The van der Waals surface area contributed by atoms with Gasteiger partial charge in [0.05, 0.1) is 17.3 Å². The molecule has 0 saturated carbocycles. The van der Waals surface area contributed by atoms with Gasteiger partial charge in [0.15, 0.2) is 0 Å². The van der Waals surface area contributed by atoms with Gasteiger partial charge in [0, 0.05) is 23.9 Å². The second kappa shape index (κ2) is 7.42. The molecular weight excluding hydrogens is 282 g/mol.